The van der Waals surface area contributed by atoms with E-state index in [1.165, 1.54) is 13.2 Å². The quantitative estimate of drug-likeness (QED) is 0.540. The van der Waals surface area contributed by atoms with Crippen LogP contribution in [0.25, 0.3) is 0 Å². The second kappa shape index (κ2) is 9.44. The molecule has 2 aromatic rings. The molecule has 2 amide bonds. The number of methoxy groups -OCH3 is 1. The molecule has 2 aromatic carbocycles. The Morgan fingerprint density at radius 2 is 1.59 bits per heavy atom. The van der Waals surface area contributed by atoms with Crippen LogP contribution in [0.4, 0.5) is 5.69 Å². The second-order valence-electron chi connectivity index (χ2n) is 5.42. The lowest BCUT2D eigenvalue weighted by atomic mass is 10.1. The smallest absolute Gasteiger partial charge is 0.337 e. The van der Waals surface area contributed by atoms with Gasteiger partial charge in [-0.15, -0.1) is 0 Å². The maximum atomic E-state index is 12.3. The van der Waals surface area contributed by atoms with Crippen molar-refractivity contribution in [2.75, 3.05) is 19.0 Å². The number of hydrogen-bond acceptors (Lipinski definition) is 5. The first-order chi connectivity index (χ1) is 12.9. The number of carbonyl (C=O) groups excluding carboxylic acids is 3. The summed E-state index contributed by atoms with van der Waals surface area (Å²) in [6.07, 6.45) is 0. The third-order valence-corrected chi connectivity index (χ3v) is 3.70. The number of rotatable bonds is 5. The van der Waals surface area contributed by atoms with Gasteiger partial charge in [0.05, 0.1) is 12.7 Å². The molecule has 0 saturated heterocycles. The Hall–Kier alpha value is -3.26. The molecule has 0 aliphatic carbocycles. The molecule has 2 rings (SSSR count). The van der Waals surface area contributed by atoms with E-state index in [2.05, 4.69) is 20.7 Å². The summed E-state index contributed by atoms with van der Waals surface area (Å²) in [5, 5.41) is 8.16. The number of carbonyl (C=O) groups is 3. The van der Waals surface area contributed by atoms with E-state index in [4.69, 9.17) is 12.2 Å². The van der Waals surface area contributed by atoms with Gasteiger partial charge in [0.15, 0.2) is 5.11 Å². The van der Waals surface area contributed by atoms with Gasteiger partial charge in [0, 0.05) is 23.4 Å². The van der Waals surface area contributed by atoms with Crippen molar-refractivity contribution in [3.63, 3.8) is 0 Å². The molecule has 3 N–H and O–H groups in total. The second-order valence-corrected chi connectivity index (χ2v) is 5.83. The van der Waals surface area contributed by atoms with Gasteiger partial charge in [-0.05, 0) is 55.5 Å². The fraction of sp³-hybridized carbons (Fsp3) is 0.158. The molecule has 0 aliphatic rings. The largest absolute Gasteiger partial charge is 0.465 e. The number of nitrogens with one attached hydrogen (secondary N) is 3. The fourth-order valence-corrected chi connectivity index (χ4v) is 2.45. The first kappa shape index (κ1) is 20.1. The molecule has 140 valence electrons. The van der Waals surface area contributed by atoms with Gasteiger partial charge in [-0.2, -0.15) is 0 Å². The van der Waals surface area contributed by atoms with E-state index in [0.29, 0.717) is 17.8 Å². The van der Waals surface area contributed by atoms with Crippen LogP contribution in [0, 0.1) is 0 Å². The van der Waals surface area contributed by atoms with E-state index >= 15 is 0 Å². The van der Waals surface area contributed by atoms with Crippen LogP contribution in [0.5, 0.6) is 0 Å². The molecular formula is C19H19N3O4S. The average Bonchev–Trinajstić information content (AvgIpc) is 2.67. The van der Waals surface area contributed by atoms with Crippen LogP contribution >= 0.6 is 12.2 Å². The maximum absolute atomic E-state index is 12.3. The van der Waals surface area contributed by atoms with E-state index in [1.54, 1.807) is 42.5 Å². The lowest BCUT2D eigenvalue weighted by molar-refractivity contribution is 0.0600. The Morgan fingerprint density at radius 1 is 0.963 bits per heavy atom. The molecule has 7 nitrogen and oxygen atoms in total. The zero-order chi connectivity index (χ0) is 19.8. The van der Waals surface area contributed by atoms with Crippen LogP contribution in [0.1, 0.15) is 38.0 Å². The Bertz CT molecular complexity index is 883. The molecule has 8 heteroatoms. The summed E-state index contributed by atoms with van der Waals surface area (Å²) in [6.45, 7) is 2.36. The first-order valence-corrected chi connectivity index (χ1v) is 8.54. The summed E-state index contributed by atoms with van der Waals surface area (Å²) in [5.74, 6) is -1.21. The molecular weight excluding hydrogens is 366 g/mol. The molecule has 0 spiro atoms. The first-order valence-electron chi connectivity index (χ1n) is 8.13. The van der Waals surface area contributed by atoms with Gasteiger partial charge in [0.1, 0.15) is 0 Å². The van der Waals surface area contributed by atoms with Gasteiger partial charge < -0.3 is 15.4 Å². The molecule has 0 fully saturated rings. The van der Waals surface area contributed by atoms with E-state index in [1.807, 2.05) is 6.92 Å². The topological polar surface area (TPSA) is 96.5 Å². The Labute approximate surface area is 162 Å². The molecule has 0 radical (unpaired) electrons. The molecule has 27 heavy (non-hydrogen) atoms. The Morgan fingerprint density at radius 3 is 2.26 bits per heavy atom. The number of hydrogen-bond donors (Lipinski definition) is 3. The maximum Gasteiger partial charge on any atom is 0.337 e. The van der Waals surface area contributed by atoms with Crippen molar-refractivity contribution < 1.29 is 19.1 Å². The van der Waals surface area contributed by atoms with Crippen molar-refractivity contribution >= 4 is 40.8 Å². The van der Waals surface area contributed by atoms with E-state index in [0.717, 1.165) is 0 Å². The third kappa shape index (κ3) is 5.61. The number of ether oxygens (including phenoxy) is 1. The van der Waals surface area contributed by atoms with Gasteiger partial charge in [0.25, 0.3) is 11.8 Å². The zero-order valence-corrected chi connectivity index (χ0v) is 15.7. The number of amides is 2. The van der Waals surface area contributed by atoms with Gasteiger partial charge >= 0.3 is 5.97 Å². The minimum atomic E-state index is -0.535. The molecule has 0 aliphatic heterocycles. The molecule has 0 aromatic heterocycles. The fourth-order valence-electron chi connectivity index (χ4n) is 2.24. The molecule has 0 unspecified atom stereocenters. The Balaban J connectivity index is 2.03. The van der Waals surface area contributed by atoms with Gasteiger partial charge in [0.2, 0.25) is 0 Å². The zero-order valence-electron chi connectivity index (χ0n) is 14.9. The Kier molecular flexibility index (Phi) is 7.01. The predicted molar refractivity (Wildman–Crippen MR) is 106 cm³/mol. The monoisotopic (exact) mass is 385 g/mol. The van der Waals surface area contributed by atoms with E-state index in [-0.39, 0.29) is 22.1 Å². The van der Waals surface area contributed by atoms with Crippen molar-refractivity contribution in [3.05, 3.63) is 65.2 Å². The summed E-state index contributed by atoms with van der Waals surface area (Å²) >= 11 is 5.14. The molecule has 0 heterocycles. The predicted octanol–water partition coefficient (Wildman–Crippen LogP) is 2.35. The van der Waals surface area contributed by atoms with Crippen molar-refractivity contribution in [1.29, 1.82) is 0 Å². The summed E-state index contributed by atoms with van der Waals surface area (Å²) < 4.78 is 4.64. The molecule has 0 bridgehead atoms. The van der Waals surface area contributed by atoms with Crippen LogP contribution < -0.4 is 16.0 Å². The van der Waals surface area contributed by atoms with Crippen molar-refractivity contribution in [3.8, 4) is 0 Å². The molecule has 0 saturated carbocycles. The molecule has 0 atom stereocenters. The highest BCUT2D eigenvalue weighted by Gasteiger charge is 2.12. The SMILES string of the molecule is CCNC(=O)c1cccc(NC(=S)NC(=O)c2cccc(C(=O)OC)c2)c1. The lowest BCUT2D eigenvalue weighted by Gasteiger charge is -2.11. The summed E-state index contributed by atoms with van der Waals surface area (Å²) in [7, 11) is 1.27. The highest BCUT2D eigenvalue weighted by Crippen LogP contribution is 2.11. The third-order valence-electron chi connectivity index (χ3n) is 3.49. The lowest BCUT2D eigenvalue weighted by Crippen LogP contribution is -2.34. The standard InChI is InChI=1S/C19H19N3O4S/c1-3-20-16(23)13-7-5-9-15(11-13)21-19(27)22-17(24)12-6-4-8-14(10-12)18(25)26-2/h4-11H,3H2,1-2H3,(H,20,23)(H2,21,22,24,27). The van der Waals surface area contributed by atoms with Crippen molar-refractivity contribution in [1.82, 2.24) is 10.6 Å². The summed E-state index contributed by atoms with van der Waals surface area (Å²) in [6, 6.07) is 12.8. The summed E-state index contributed by atoms with van der Waals surface area (Å²) in [5.41, 5.74) is 1.56. The van der Waals surface area contributed by atoms with Crippen molar-refractivity contribution in [2.24, 2.45) is 0 Å². The minimum absolute atomic E-state index is 0.0662. The number of benzene rings is 2. The van der Waals surface area contributed by atoms with Crippen LogP contribution in [-0.4, -0.2) is 36.6 Å². The van der Waals surface area contributed by atoms with Crippen LogP contribution in [0.3, 0.4) is 0 Å². The normalized spacial score (nSPS) is 9.85. The van der Waals surface area contributed by atoms with Gasteiger partial charge in [-0.25, -0.2) is 4.79 Å². The number of anilines is 1. The van der Waals surface area contributed by atoms with E-state index < -0.39 is 11.9 Å². The van der Waals surface area contributed by atoms with Crippen LogP contribution in [-0.2, 0) is 4.74 Å². The highest BCUT2D eigenvalue weighted by molar-refractivity contribution is 7.80. The highest BCUT2D eigenvalue weighted by atomic mass is 32.1. The van der Waals surface area contributed by atoms with Crippen LogP contribution in [0.15, 0.2) is 48.5 Å². The van der Waals surface area contributed by atoms with E-state index in [9.17, 15) is 14.4 Å². The average molecular weight is 385 g/mol. The van der Waals surface area contributed by atoms with Gasteiger partial charge in [-0.1, -0.05) is 12.1 Å². The number of thiocarbonyl (C=S) groups is 1. The van der Waals surface area contributed by atoms with Gasteiger partial charge in [-0.3, -0.25) is 14.9 Å². The number of esters is 1. The minimum Gasteiger partial charge on any atom is -0.465 e. The van der Waals surface area contributed by atoms with Crippen molar-refractivity contribution in [2.45, 2.75) is 6.92 Å². The van der Waals surface area contributed by atoms with Crippen LogP contribution in [0.2, 0.25) is 0 Å². The summed E-state index contributed by atoms with van der Waals surface area (Å²) in [4.78, 5) is 35.8.